The highest BCUT2D eigenvalue weighted by Crippen LogP contribution is 2.29. The van der Waals surface area contributed by atoms with Gasteiger partial charge in [-0.3, -0.25) is 4.99 Å². The number of aliphatic imine (C=N–C) groups is 1. The molecule has 146 valence electrons. The number of hydrogen-bond acceptors (Lipinski definition) is 3. The van der Waals surface area contributed by atoms with Crippen LogP contribution in [0.2, 0.25) is 0 Å². The number of rotatable bonds is 5. The van der Waals surface area contributed by atoms with Gasteiger partial charge in [-0.2, -0.15) is 0 Å². The van der Waals surface area contributed by atoms with Crippen molar-refractivity contribution in [3.8, 4) is 11.5 Å². The zero-order valence-electron chi connectivity index (χ0n) is 15.9. The maximum atomic E-state index is 10.2. The largest absolute Gasteiger partial charge is 0.504 e. The van der Waals surface area contributed by atoms with Crippen LogP contribution in [-0.2, 0) is 19.4 Å². The molecule has 3 rings (SSSR count). The molecule has 0 amide bonds. The average Bonchev–Trinajstić information content (AvgIpc) is 2.68. The van der Waals surface area contributed by atoms with Gasteiger partial charge in [-0.25, -0.2) is 0 Å². The molecular weight excluding hydrogens is 453 g/mol. The van der Waals surface area contributed by atoms with Crippen molar-refractivity contribution in [3.63, 3.8) is 0 Å². The lowest BCUT2D eigenvalue weighted by Gasteiger charge is -2.31. The number of nitrogens with one attached hydrogen (secondary N) is 1. The fraction of sp³-hybridized carbons (Fsp3) is 0.381. The number of phenols is 1. The lowest BCUT2D eigenvalue weighted by molar-refractivity contribution is 0.370. The summed E-state index contributed by atoms with van der Waals surface area (Å²) in [6, 6.07) is 14.2. The quantitative estimate of drug-likeness (QED) is 0.390. The molecule has 0 atom stereocenters. The standard InChI is InChI=1S/C21H27N3O2.HI/c1-3-22-21(24-14-12-16-7-4-5-8-18(16)15-24)23-13-11-17-9-6-10-19(26-2)20(17)25;/h4-10,25H,3,11-15H2,1-2H3,(H,22,23);1H. The van der Waals surface area contributed by atoms with Crippen molar-refractivity contribution in [3.05, 3.63) is 59.2 Å². The predicted molar refractivity (Wildman–Crippen MR) is 120 cm³/mol. The smallest absolute Gasteiger partial charge is 0.194 e. The Balaban J connectivity index is 0.00000261. The van der Waals surface area contributed by atoms with Crippen molar-refractivity contribution in [2.24, 2.45) is 4.99 Å². The molecule has 1 aliphatic rings. The molecule has 0 aromatic heterocycles. The number of aromatic hydroxyl groups is 1. The summed E-state index contributed by atoms with van der Waals surface area (Å²) in [4.78, 5) is 7.08. The van der Waals surface area contributed by atoms with Crippen molar-refractivity contribution >= 4 is 29.9 Å². The number of ether oxygens (including phenoxy) is 1. The van der Waals surface area contributed by atoms with Crippen LogP contribution < -0.4 is 10.1 Å². The molecule has 2 aromatic carbocycles. The van der Waals surface area contributed by atoms with Crippen molar-refractivity contribution in [2.45, 2.75) is 26.3 Å². The lowest BCUT2D eigenvalue weighted by atomic mass is 10.0. The van der Waals surface area contributed by atoms with Gasteiger partial charge >= 0.3 is 0 Å². The molecule has 0 radical (unpaired) electrons. The zero-order valence-corrected chi connectivity index (χ0v) is 18.3. The Labute approximate surface area is 178 Å². The van der Waals surface area contributed by atoms with Crippen molar-refractivity contribution in [1.82, 2.24) is 10.2 Å². The van der Waals surface area contributed by atoms with Gasteiger partial charge < -0.3 is 20.1 Å². The highest BCUT2D eigenvalue weighted by molar-refractivity contribution is 14.0. The first-order chi connectivity index (χ1) is 12.7. The summed E-state index contributed by atoms with van der Waals surface area (Å²) in [7, 11) is 1.56. The second-order valence-corrected chi connectivity index (χ2v) is 6.39. The second kappa shape index (κ2) is 10.4. The van der Waals surface area contributed by atoms with Gasteiger partial charge in [-0.05, 0) is 42.5 Å². The summed E-state index contributed by atoms with van der Waals surface area (Å²) in [6.45, 7) is 5.38. The molecule has 0 aliphatic carbocycles. The van der Waals surface area contributed by atoms with E-state index in [0.717, 1.165) is 37.6 Å². The number of methoxy groups -OCH3 is 1. The topological polar surface area (TPSA) is 57.1 Å². The molecule has 1 heterocycles. The van der Waals surface area contributed by atoms with Crippen LogP contribution in [0.3, 0.4) is 0 Å². The summed E-state index contributed by atoms with van der Waals surface area (Å²) < 4.78 is 5.17. The van der Waals surface area contributed by atoms with E-state index in [1.165, 1.54) is 11.1 Å². The summed E-state index contributed by atoms with van der Waals surface area (Å²) in [5.41, 5.74) is 3.66. The van der Waals surface area contributed by atoms with Crippen molar-refractivity contribution in [2.75, 3.05) is 26.7 Å². The molecule has 2 aromatic rings. The number of guanidine groups is 1. The van der Waals surface area contributed by atoms with E-state index in [9.17, 15) is 5.11 Å². The molecule has 0 saturated carbocycles. The van der Waals surface area contributed by atoms with Crippen molar-refractivity contribution < 1.29 is 9.84 Å². The fourth-order valence-electron chi connectivity index (χ4n) is 3.32. The van der Waals surface area contributed by atoms with Crippen LogP contribution in [-0.4, -0.2) is 42.7 Å². The number of phenolic OH excluding ortho intramolecular Hbond substituents is 1. The minimum atomic E-state index is 0. The van der Waals surface area contributed by atoms with E-state index in [2.05, 4.69) is 41.4 Å². The van der Waals surface area contributed by atoms with Crippen LogP contribution in [0.15, 0.2) is 47.5 Å². The molecule has 0 bridgehead atoms. The number of fused-ring (bicyclic) bond motifs is 1. The Hall–Kier alpha value is -1.96. The first-order valence-corrected chi connectivity index (χ1v) is 9.17. The average molecular weight is 481 g/mol. The van der Waals surface area contributed by atoms with Gasteiger partial charge in [0.05, 0.1) is 7.11 Å². The monoisotopic (exact) mass is 481 g/mol. The van der Waals surface area contributed by atoms with Gasteiger partial charge in [-0.1, -0.05) is 36.4 Å². The first kappa shape index (κ1) is 21.3. The van der Waals surface area contributed by atoms with Gasteiger partial charge in [0, 0.05) is 26.2 Å². The second-order valence-electron chi connectivity index (χ2n) is 6.39. The Kier molecular flexibility index (Phi) is 8.22. The Bertz CT molecular complexity index is 780. The summed E-state index contributed by atoms with van der Waals surface area (Å²) in [6.07, 6.45) is 1.71. The highest BCUT2D eigenvalue weighted by atomic mass is 127. The Morgan fingerprint density at radius 2 is 1.96 bits per heavy atom. The molecule has 1 aliphatic heterocycles. The minimum absolute atomic E-state index is 0. The van der Waals surface area contributed by atoms with Crippen LogP contribution in [0, 0.1) is 0 Å². The summed E-state index contributed by atoms with van der Waals surface area (Å²) >= 11 is 0. The third-order valence-corrected chi connectivity index (χ3v) is 4.71. The predicted octanol–water partition coefficient (Wildman–Crippen LogP) is 3.59. The number of para-hydroxylation sites is 1. The van der Waals surface area contributed by atoms with E-state index >= 15 is 0 Å². The molecule has 27 heavy (non-hydrogen) atoms. The van der Waals surface area contributed by atoms with E-state index < -0.39 is 0 Å². The van der Waals surface area contributed by atoms with Crippen LogP contribution in [0.25, 0.3) is 0 Å². The zero-order chi connectivity index (χ0) is 18.4. The number of halogens is 1. The van der Waals surface area contributed by atoms with Gasteiger partial charge in [0.2, 0.25) is 0 Å². The molecule has 0 saturated heterocycles. The van der Waals surface area contributed by atoms with Gasteiger partial charge in [-0.15, -0.1) is 24.0 Å². The van der Waals surface area contributed by atoms with Crippen LogP contribution in [0.1, 0.15) is 23.6 Å². The van der Waals surface area contributed by atoms with E-state index in [0.29, 0.717) is 18.7 Å². The molecule has 0 unspecified atom stereocenters. The summed E-state index contributed by atoms with van der Waals surface area (Å²) in [5, 5.41) is 13.6. The Morgan fingerprint density at radius 3 is 2.70 bits per heavy atom. The maximum Gasteiger partial charge on any atom is 0.194 e. The van der Waals surface area contributed by atoms with Crippen LogP contribution in [0.5, 0.6) is 11.5 Å². The van der Waals surface area contributed by atoms with Crippen LogP contribution in [0.4, 0.5) is 0 Å². The number of hydrogen-bond donors (Lipinski definition) is 2. The number of nitrogens with zero attached hydrogens (tertiary/aromatic N) is 2. The normalized spacial score (nSPS) is 13.6. The fourth-order valence-corrected chi connectivity index (χ4v) is 3.32. The number of benzene rings is 2. The van der Waals surface area contributed by atoms with Crippen molar-refractivity contribution in [1.29, 1.82) is 0 Å². The van der Waals surface area contributed by atoms with E-state index in [-0.39, 0.29) is 29.7 Å². The van der Waals surface area contributed by atoms with Gasteiger partial charge in [0.1, 0.15) is 0 Å². The molecule has 5 nitrogen and oxygen atoms in total. The third-order valence-electron chi connectivity index (χ3n) is 4.71. The van der Waals surface area contributed by atoms with E-state index in [4.69, 9.17) is 9.73 Å². The minimum Gasteiger partial charge on any atom is -0.504 e. The molecule has 2 N–H and O–H groups in total. The Morgan fingerprint density at radius 1 is 1.19 bits per heavy atom. The maximum absolute atomic E-state index is 10.2. The molecule has 0 fully saturated rings. The molecule has 0 spiro atoms. The molecule has 6 heteroatoms. The highest BCUT2D eigenvalue weighted by Gasteiger charge is 2.18. The van der Waals surface area contributed by atoms with E-state index in [1.807, 2.05) is 12.1 Å². The summed E-state index contributed by atoms with van der Waals surface area (Å²) in [5.74, 6) is 1.65. The third kappa shape index (κ3) is 5.28. The molecular formula is C21H28IN3O2. The van der Waals surface area contributed by atoms with Crippen LogP contribution >= 0.6 is 24.0 Å². The van der Waals surface area contributed by atoms with Gasteiger partial charge in [0.25, 0.3) is 0 Å². The first-order valence-electron chi connectivity index (χ1n) is 9.17. The van der Waals surface area contributed by atoms with E-state index in [1.54, 1.807) is 13.2 Å². The lowest BCUT2D eigenvalue weighted by Crippen LogP contribution is -2.44. The SMILES string of the molecule is CCNC(=NCCc1cccc(OC)c1O)N1CCc2ccccc2C1.I. The van der Waals surface area contributed by atoms with Gasteiger partial charge in [0.15, 0.2) is 17.5 Å².